The zero-order valence-electron chi connectivity index (χ0n) is 13.1. The highest BCUT2D eigenvalue weighted by molar-refractivity contribution is 6.13. The molecule has 0 aromatic heterocycles. The first-order chi connectivity index (χ1) is 11.3. The van der Waals surface area contributed by atoms with Crippen LogP contribution in [0.15, 0.2) is 65.7 Å². The number of benzene rings is 2. The maximum absolute atomic E-state index is 12.1. The third kappa shape index (κ3) is 4.55. The van der Waals surface area contributed by atoms with Crippen LogP contribution in [0.2, 0.25) is 0 Å². The van der Waals surface area contributed by atoms with E-state index >= 15 is 0 Å². The molecule has 0 unspecified atom stereocenters. The minimum atomic E-state index is -0.699. The van der Waals surface area contributed by atoms with Crippen molar-refractivity contribution in [1.82, 2.24) is 0 Å². The third-order valence-electron chi connectivity index (χ3n) is 3.25. The summed E-state index contributed by atoms with van der Waals surface area (Å²) in [5.74, 6) is 2.11. The lowest BCUT2D eigenvalue weighted by atomic mass is 10.0. The number of carbonyl (C=O) groups excluding carboxylic acids is 1. The summed E-state index contributed by atoms with van der Waals surface area (Å²) in [4.78, 5) is 16.7. The van der Waals surface area contributed by atoms with Gasteiger partial charge in [0.05, 0.1) is 12.3 Å². The summed E-state index contributed by atoms with van der Waals surface area (Å²) in [6, 6.07) is 18.8. The van der Waals surface area contributed by atoms with Crippen molar-refractivity contribution in [2.45, 2.75) is 19.4 Å². The molecule has 2 aromatic carbocycles. The maximum atomic E-state index is 12.1. The number of rotatable bonds is 6. The zero-order chi connectivity index (χ0) is 16.5. The van der Waals surface area contributed by atoms with Crippen LogP contribution in [0.1, 0.15) is 24.5 Å². The standard InChI is InChI=1S/C20H19NO2/c1-3-11-18(20(22)23-4-2)21-19(16-12-7-5-8-13-16)17-14-9-6-10-15-17/h1,5-10,12-15,18H,4,11H2,2H3/t18-/m1/s1. The summed E-state index contributed by atoms with van der Waals surface area (Å²) in [6.07, 6.45) is 5.60. The van der Waals surface area contributed by atoms with E-state index in [1.54, 1.807) is 6.92 Å². The van der Waals surface area contributed by atoms with Crippen LogP contribution in [-0.2, 0) is 9.53 Å². The van der Waals surface area contributed by atoms with Crippen LogP contribution in [-0.4, -0.2) is 24.3 Å². The molecule has 23 heavy (non-hydrogen) atoms. The molecule has 0 heterocycles. The van der Waals surface area contributed by atoms with Crippen LogP contribution in [0.25, 0.3) is 0 Å². The molecule has 1 atom stereocenters. The van der Waals surface area contributed by atoms with Gasteiger partial charge in [-0.1, -0.05) is 60.7 Å². The second-order valence-corrected chi connectivity index (χ2v) is 4.89. The van der Waals surface area contributed by atoms with Crippen molar-refractivity contribution in [2.75, 3.05) is 6.61 Å². The molecule has 0 radical (unpaired) electrons. The number of hydrogen-bond acceptors (Lipinski definition) is 3. The van der Waals surface area contributed by atoms with Crippen molar-refractivity contribution in [3.63, 3.8) is 0 Å². The number of ether oxygens (including phenoxy) is 1. The van der Waals surface area contributed by atoms with Crippen molar-refractivity contribution >= 4 is 11.7 Å². The average Bonchev–Trinajstić information content (AvgIpc) is 2.60. The smallest absolute Gasteiger partial charge is 0.331 e. The van der Waals surface area contributed by atoms with Crippen molar-refractivity contribution < 1.29 is 9.53 Å². The van der Waals surface area contributed by atoms with Gasteiger partial charge in [-0.2, -0.15) is 0 Å². The van der Waals surface area contributed by atoms with Gasteiger partial charge in [-0.15, -0.1) is 12.3 Å². The fourth-order valence-corrected chi connectivity index (χ4v) is 2.20. The lowest BCUT2D eigenvalue weighted by Crippen LogP contribution is -2.23. The number of terminal acetylenes is 1. The molecule has 0 aliphatic heterocycles. The van der Waals surface area contributed by atoms with Crippen LogP contribution in [0.5, 0.6) is 0 Å². The number of aliphatic imine (C=N–C) groups is 1. The molecule has 0 saturated heterocycles. The monoisotopic (exact) mass is 305 g/mol. The Morgan fingerprint density at radius 1 is 1.09 bits per heavy atom. The first kappa shape index (κ1) is 16.5. The fraction of sp³-hybridized carbons (Fsp3) is 0.200. The highest BCUT2D eigenvalue weighted by Gasteiger charge is 2.19. The Morgan fingerprint density at radius 3 is 2.04 bits per heavy atom. The van der Waals surface area contributed by atoms with E-state index < -0.39 is 12.0 Å². The predicted molar refractivity (Wildman–Crippen MR) is 92.4 cm³/mol. The molecule has 3 heteroatoms. The molecule has 116 valence electrons. The van der Waals surface area contributed by atoms with Gasteiger partial charge in [0.2, 0.25) is 0 Å². The summed E-state index contributed by atoms with van der Waals surface area (Å²) in [6.45, 7) is 2.07. The SMILES string of the molecule is C#CC[C@@H](N=C(c1ccccc1)c1ccccc1)C(=O)OCC. The van der Waals surface area contributed by atoms with E-state index in [4.69, 9.17) is 11.2 Å². The topological polar surface area (TPSA) is 38.7 Å². The molecule has 0 amide bonds. The molecule has 0 bridgehead atoms. The Balaban J connectivity index is 2.47. The summed E-state index contributed by atoms with van der Waals surface area (Å²) in [7, 11) is 0. The number of hydrogen-bond donors (Lipinski definition) is 0. The molecule has 0 fully saturated rings. The molecule has 0 aliphatic carbocycles. The Morgan fingerprint density at radius 2 is 1.61 bits per heavy atom. The molecule has 0 spiro atoms. The largest absolute Gasteiger partial charge is 0.464 e. The molecule has 0 N–H and O–H groups in total. The van der Waals surface area contributed by atoms with Gasteiger partial charge in [0.25, 0.3) is 0 Å². The Kier molecular flexibility index (Phi) is 6.14. The minimum Gasteiger partial charge on any atom is -0.464 e. The molecule has 3 nitrogen and oxygen atoms in total. The van der Waals surface area contributed by atoms with E-state index in [9.17, 15) is 4.79 Å². The Labute approximate surface area is 137 Å². The van der Waals surface area contributed by atoms with Crippen LogP contribution in [0, 0.1) is 12.3 Å². The van der Waals surface area contributed by atoms with Crippen LogP contribution >= 0.6 is 0 Å². The summed E-state index contributed by atoms with van der Waals surface area (Å²) in [5.41, 5.74) is 2.61. The van der Waals surface area contributed by atoms with Gasteiger partial charge in [0.1, 0.15) is 0 Å². The second-order valence-electron chi connectivity index (χ2n) is 4.89. The number of nitrogens with zero attached hydrogens (tertiary/aromatic N) is 1. The van der Waals surface area contributed by atoms with Crippen LogP contribution in [0.3, 0.4) is 0 Å². The number of carbonyl (C=O) groups is 1. The van der Waals surface area contributed by atoms with Gasteiger partial charge < -0.3 is 4.74 Å². The zero-order valence-corrected chi connectivity index (χ0v) is 13.1. The molecule has 0 aliphatic rings. The third-order valence-corrected chi connectivity index (χ3v) is 3.25. The summed E-state index contributed by atoms with van der Waals surface area (Å²) < 4.78 is 5.09. The number of esters is 1. The molecular weight excluding hydrogens is 286 g/mol. The van der Waals surface area contributed by atoms with E-state index in [1.807, 2.05) is 60.7 Å². The first-order valence-corrected chi connectivity index (χ1v) is 7.55. The van der Waals surface area contributed by atoms with Gasteiger partial charge in [-0.3, -0.25) is 4.99 Å². The quantitative estimate of drug-likeness (QED) is 0.465. The average molecular weight is 305 g/mol. The second kappa shape index (κ2) is 8.55. The van der Waals surface area contributed by atoms with Crippen LogP contribution in [0.4, 0.5) is 0 Å². The minimum absolute atomic E-state index is 0.210. The highest BCUT2D eigenvalue weighted by atomic mass is 16.5. The van der Waals surface area contributed by atoms with Crippen molar-refractivity contribution in [2.24, 2.45) is 4.99 Å². The van der Waals surface area contributed by atoms with Crippen molar-refractivity contribution in [3.8, 4) is 12.3 Å². The van der Waals surface area contributed by atoms with E-state index in [0.717, 1.165) is 16.8 Å². The maximum Gasteiger partial charge on any atom is 0.331 e. The molecule has 2 aromatic rings. The van der Waals surface area contributed by atoms with E-state index in [0.29, 0.717) is 6.61 Å². The normalized spacial score (nSPS) is 11.1. The van der Waals surface area contributed by atoms with Crippen LogP contribution < -0.4 is 0 Å². The summed E-state index contributed by atoms with van der Waals surface area (Å²) >= 11 is 0. The van der Waals surface area contributed by atoms with Gasteiger partial charge in [0.15, 0.2) is 6.04 Å². The van der Waals surface area contributed by atoms with Crippen molar-refractivity contribution in [1.29, 1.82) is 0 Å². The molecular formula is C20H19NO2. The fourth-order valence-electron chi connectivity index (χ4n) is 2.20. The summed E-state index contributed by atoms with van der Waals surface area (Å²) in [5, 5.41) is 0. The van der Waals surface area contributed by atoms with Gasteiger partial charge in [0, 0.05) is 17.5 Å². The Bertz CT molecular complexity index is 658. The lowest BCUT2D eigenvalue weighted by Gasteiger charge is -2.13. The Hall–Kier alpha value is -2.86. The van der Waals surface area contributed by atoms with Gasteiger partial charge in [-0.05, 0) is 6.92 Å². The van der Waals surface area contributed by atoms with E-state index in [2.05, 4.69) is 10.9 Å². The van der Waals surface area contributed by atoms with Gasteiger partial charge in [-0.25, -0.2) is 4.79 Å². The van der Waals surface area contributed by atoms with E-state index in [1.165, 1.54) is 0 Å². The highest BCUT2D eigenvalue weighted by Crippen LogP contribution is 2.14. The molecule has 2 rings (SSSR count). The molecule has 0 saturated carbocycles. The predicted octanol–water partition coefficient (Wildman–Crippen LogP) is 3.48. The van der Waals surface area contributed by atoms with Crippen molar-refractivity contribution in [3.05, 3.63) is 71.8 Å². The lowest BCUT2D eigenvalue weighted by molar-refractivity contribution is -0.144. The first-order valence-electron chi connectivity index (χ1n) is 7.55. The van der Waals surface area contributed by atoms with Gasteiger partial charge >= 0.3 is 5.97 Å². The van der Waals surface area contributed by atoms with E-state index in [-0.39, 0.29) is 6.42 Å².